The maximum Gasteiger partial charge on any atom is 0.303 e. The van der Waals surface area contributed by atoms with Crippen molar-refractivity contribution >= 4 is 29.1 Å². The van der Waals surface area contributed by atoms with E-state index in [0.717, 1.165) is 31.3 Å². The van der Waals surface area contributed by atoms with E-state index >= 15 is 0 Å². The first-order valence-electron chi connectivity index (χ1n) is 11.5. The van der Waals surface area contributed by atoms with Crippen LogP contribution in [-0.2, 0) is 28.6 Å². The zero-order valence-corrected chi connectivity index (χ0v) is 20.1. The summed E-state index contributed by atoms with van der Waals surface area (Å²) in [5.41, 5.74) is -0.647. The number of ether oxygens (including phenoxy) is 3. The van der Waals surface area contributed by atoms with Gasteiger partial charge >= 0.3 is 5.97 Å². The second-order valence-corrected chi connectivity index (χ2v) is 10.7. The Morgan fingerprint density at radius 1 is 1.16 bits per heavy atom. The van der Waals surface area contributed by atoms with Crippen LogP contribution >= 0.6 is 11.6 Å². The molecular weight excluding hydrogens is 432 g/mol. The summed E-state index contributed by atoms with van der Waals surface area (Å²) in [4.78, 5) is 36.9. The van der Waals surface area contributed by atoms with Crippen molar-refractivity contribution in [3.63, 3.8) is 0 Å². The molecule has 6 nitrogen and oxygen atoms in total. The number of fused-ring (bicyclic) bond motifs is 5. The van der Waals surface area contributed by atoms with Crippen LogP contribution in [0.25, 0.3) is 0 Å². The Hall–Kier alpha value is -1.50. The van der Waals surface area contributed by atoms with Crippen LogP contribution in [0.15, 0.2) is 22.8 Å². The number of hydrogen-bond acceptors (Lipinski definition) is 6. The second-order valence-electron chi connectivity index (χ2n) is 10.3. The van der Waals surface area contributed by atoms with Crippen molar-refractivity contribution in [1.82, 2.24) is 0 Å². The molecule has 32 heavy (non-hydrogen) atoms. The number of ketones is 2. The van der Waals surface area contributed by atoms with Gasteiger partial charge in [-0.2, -0.15) is 0 Å². The average Bonchev–Trinajstić information content (AvgIpc) is 3.05. The van der Waals surface area contributed by atoms with Gasteiger partial charge in [-0.25, -0.2) is 0 Å². The van der Waals surface area contributed by atoms with Crippen LogP contribution in [0.1, 0.15) is 59.3 Å². The molecule has 0 unspecified atom stereocenters. The molecule has 176 valence electrons. The molecular formula is C25H33ClO6. The number of halogens is 1. The monoisotopic (exact) mass is 464 g/mol. The van der Waals surface area contributed by atoms with Gasteiger partial charge in [-0.3, -0.25) is 14.4 Å². The lowest BCUT2D eigenvalue weighted by Crippen LogP contribution is -2.59. The zero-order chi connectivity index (χ0) is 23.3. The molecule has 7 heteroatoms. The van der Waals surface area contributed by atoms with E-state index in [1.54, 1.807) is 13.2 Å². The summed E-state index contributed by atoms with van der Waals surface area (Å²) >= 11 is 6.77. The lowest BCUT2D eigenvalue weighted by molar-refractivity contribution is -0.202. The summed E-state index contributed by atoms with van der Waals surface area (Å²) < 4.78 is 16.5. The summed E-state index contributed by atoms with van der Waals surface area (Å²) in [5, 5.41) is 0.674. The first-order valence-corrected chi connectivity index (χ1v) is 11.9. The van der Waals surface area contributed by atoms with E-state index in [4.69, 9.17) is 25.8 Å². The summed E-state index contributed by atoms with van der Waals surface area (Å²) in [6, 6.07) is 0. The fraction of sp³-hybridized carbons (Fsp3) is 0.720. The normalized spacial score (nSPS) is 40.5. The Morgan fingerprint density at radius 3 is 2.56 bits per heavy atom. The number of rotatable bonds is 6. The third kappa shape index (κ3) is 3.41. The number of hydrogen-bond donors (Lipinski definition) is 0. The number of esters is 1. The van der Waals surface area contributed by atoms with E-state index in [0.29, 0.717) is 23.8 Å². The predicted molar refractivity (Wildman–Crippen MR) is 119 cm³/mol. The molecule has 0 saturated heterocycles. The molecule has 0 aliphatic heterocycles. The Kier molecular flexibility index (Phi) is 6.19. The highest BCUT2D eigenvalue weighted by atomic mass is 35.5. The van der Waals surface area contributed by atoms with Crippen LogP contribution in [0.4, 0.5) is 0 Å². The quantitative estimate of drug-likeness (QED) is 0.429. The summed E-state index contributed by atoms with van der Waals surface area (Å²) in [6.07, 6.45) is 8.35. The highest BCUT2D eigenvalue weighted by Gasteiger charge is 2.67. The minimum absolute atomic E-state index is 0.00548. The van der Waals surface area contributed by atoms with Crippen molar-refractivity contribution in [3.8, 4) is 0 Å². The van der Waals surface area contributed by atoms with Crippen LogP contribution in [0.2, 0.25) is 0 Å². The van der Waals surface area contributed by atoms with E-state index in [1.165, 1.54) is 6.92 Å². The maximum atomic E-state index is 13.4. The molecule has 0 aromatic heterocycles. The SMILES string of the molecule is COCO[C@]1(C(=O)COC(C)=O)CC[C@H]2[C@@H]3C=C(Cl)C4=CC(=O)CC[C@]4(C)[C@H]3CC[C@@]21C. The van der Waals surface area contributed by atoms with Crippen LogP contribution in [0, 0.1) is 28.6 Å². The zero-order valence-electron chi connectivity index (χ0n) is 19.4. The lowest BCUT2D eigenvalue weighted by Gasteiger charge is -2.58. The van der Waals surface area contributed by atoms with Gasteiger partial charge < -0.3 is 14.2 Å². The third-order valence-corrected chi connectivity index (χ3v) is 9.29. The highest BCUT2D eigenvalue weighted by Crippen LogP contribution is 2.68. The Morgan fingerprint density at radius 2 is 1.88 bits per heavy atom. The van der Waals surface area contributed by atoms with E-state index in [2.05, 4.69) is 19.9 Å². The fourth-order valence-electron chi connectivity index (χ4n) is 7.29. The molecule has 0 radical (unpaired) electrons. The molecule has 0 amide bonds. The number of carbonyl (C=O) groups excluding carboxylic acids is 3. The van der Waals surface area contributed by atoms with Crippen LogP contribution in [-0.4, -0.2) is 43.6 Å². The van der Waals surface area contributed by atoms with E-state index in [-0.39, 0.29) is 42.2 Å². The number of methoxy groups -OCH3 is 1. The molecule has 2 fully saturated rings. The molecule has 0 spiro atoms. The molecule has 0 aromatic rings. The third-order valence-electron chi connectivity index (χ3n) is 8.96. The summed E-state index contributed by atoms with van der Waals surface area (Å²) in [6.45, 7) is 5.40. The average molecular weight is 465 g/mol. The van der Waals surface area contributed by atoms with Gasteiger partial charge in [0, 0.05) is 30.9 Å². The maximum absolute atomic E-state index is 13.4. The standard InChI is InChI=1S/C25H33ClO6/c1-15(27)31-13-22(29)25(32-14-30-4)10-7-19-17-12-21(26)20-11-16(28)5-8-23(20,2)18(17)6-9-24(19,25)3/h11-12,17-19H,5-10,13-14H2,1-4H3/t17-,18+,19+,23-,24+,25+/m1/s1. The molecule has 4 aliphatic carbocycles. The van der Waals surface area contributed by atoms with Crippen molar-refractivity contribution in [3.05, 3.63) is 22.8 Å². The molecule has 0 aromatic carbocycles. The number of allylic oxidation sites excluding steroid dienone is 4. The molecule has 6 atom stereocenters. The Bertz CT molecular complexity index is 893. The molecule has 2 saturated carbocycles. The predicted octanol–water partition coefficient (Wildman–Crippen LogP) is 4.35. The van der Waals surface area contributed by atoms with Gasteiger partial charge in [0.25, 0.3) is 0 Å². The highest BCUT2D eigenvalue weighted by molar-refractivity contribution is 6.32. The van der Waals surface area contributed by atoms with Crippen LogP contribution < -0.4 is 0 Å². The second kappa shape index (κ2) is 8.37. The molecule has 4 aliphatic rings. The first kappa shape index (κ1) is 23.7. The van der Waals surface area contributed by atoms with Gasteiger partial charge in [0.1, 0.15) is 12.4 Å². The minimum Gasteiger partial charge on any atom is -0.458 e. The molecule has 0 heterocycles. The Labute approximate surface area is 194 Å². The number of Topliss-reactive ketones (excluding diaryl/α,β-unsaturated/α-hetero) is 1. The topological polar surface area (TPSA) is 78.9 Å². The van der Waals surface area contributed by atoms with E-state index in [9.17, 15) is 14.4 Å². The van der Waals surface area contributed by atoms with Crippen LogP contribution in [0.5, 0.6) is 0 Å². The molecule has 0 bridgehead atoms. The fourth-order valence-corrected chi connectivity index (χ4v) is 7.71. The van der Waals surface area contributed by atoms with Gasteiger partial charge in [0.05, 0.1) is 0 Å². The van der Waals surface area contributed by atoms with Gasteiger partial charge in [-0.05, 0) is 66.9 Å². The van der Waals surface area contributed by atoms with Crippen molar-refractivity contribution in [2.45, 2.75) is 64.9 Å². The van der Waals surface area contributed by atoms with Crippen molar-refractivity contribution in [1.29, 1.82) is 0 Å². The Balaban J connectivity index is 1.72. The van der Waals surface area contributed by atoms with E-state index < -0.39 is 17.0 Å². The van der Waals surface area contributed by atoms with Crippen molar-refractivity contribution in [2.24, 2.45) is 28.6 Å². The molecule has 0 N–H and O–H groups in total. The largest absolute Gasteiger partial charge is 0.458 e. The van der Waals surface area contributed by atoms with Crippen LogP contribution in [0.3, 0.4) is 0 Å². The number of carbonyl (C=O) groups is 3. The van der Waals surface area contributed by atoms with Gasteiger partial charge in [0.2, 0.25) is 5.78 Å². The van der Waals surface area contributed by atoms with Crippen molar-refractivity contribution < 1.29 is 28.6 Å². The minimum atomic E-state index is -1.06. The first-order chi connectivity index (χ1) is 15.1. The van der Waals surface area contributed by atoms with Gasteiger partial charge in [-0.1, -0.05) is 31.5 Å². The molecule has 4 rings (SSSR count). The summed E-state index contributed by atoms with van der Waals surface area (Å²) in [5.74, 6) is 0.227. The van der Waals surface area contributed by atoms with Gasteiger partial charge in [0.15, 0.2) is 12.4 Å². The summed E-state index contributed by atoms with van der Waals surface area (Å²) in [7, 11) is 1.54. The van der Waals surface area contributed by atoms with Crippen molar-refractivity contribution in [2.75, 3.05) is 20.5 Å². The van der Waals surface area contributed by atoms with E-state index in [1.807, 2.05) is 0 Å². The smallest absolute Gasteiger partial charge is 0.303 e. The lowest BCUT2D eigenvalue weighted by atomic mass is 9.48. The van der Waals surface area contributed by atoms with Gasteiger partial charge in [-0.15, -0.1) is 0 Å².